The van der Waals surface area contributed by atoms with Crippen LogP contribution in [0.5, 0.6) is 5.75 Å². The standard InChI is InChI=1S/C12H17NOS/c1-14-10-7-4-8-11(12(10)13)15-9-5-2-3-6-9/h4,7-9H,2-3,5-6,13H2,1H3. The zero-order valence-corrected chi connectivity index (χ0v) is 9.85. The van der Waals surface area contributed by atoms with Crippen LogP contribution in [-0.4, -0.2) is 12.4 Å². The number of methoxy groups -OCH3 is 1. The molecule has 82 valence electrons. The molecule has 1 aliphatic carbocycles. The summed E-state index contributed by atoms with van der Waals surface area (Å²) in [5.41, 5.74) is 6.81. The first-order chi connectivity index (χ1) is 7.31. The van der Waals surface area contributed by atoms with Gasteiger partial charge in [0.1, 0.15) is 5.75 Å². The van der Waals surface area contributed by atoms with E-state index in [9.17, 15) is 0 Å². The number of hydrogen-bond donors (Lipinski definition) is 1. The van der Waals surface area contributed by atoms with Crippen LogP contribution in [0.15, 0.2) is 23.1 Å². The van der Waals surface area contributed by atoms with Gasteiger partial charge in [-0.1, -0.05) is 18.9 Å². The smallest absolute Gasteiger partial charge is 0.142 e. The number of benzene rings is 1. The van der Waals surface area contributed by atoms with Crippen molar-refractivity contribution in [1.29, 1.82) is 0 Å². The van der Waals surface area contributed by atoms with E-state index in [-0.39, 0.29) is 0 Å². The molecule has 3 heteroatoms. The minimum Gasteiger partial charge on any atom is -0.495 e. The third-order valence-corrected chi connectivity index (χ3v) is 4.26. The third-order valence-electron chi connectivity index (χ3n) is 2.84. The minimum atomic E-state index is 0.749. The fraction of sp³-hybridized carbons (Fsp3) is 0.500. The van der Waals surface area contributed by atoms with E-state index in [1.54, 1.807) is 7.11 Å². The van der Waals surface area contributed by atoms with Crippen molar-refractivity contribution >= 4 is 17.4 Å². The largest absolute Gasteiger partial charge is 0.495 e. The first-order valence-electron chi connectivity index (χ1n) is 5.40. The van der Waals surface area contributed by atoms with Crippen LogP contribution in [-0.2, 0) is 0 Å². The van der Waals surface area contributed by atoms with Crippen molar-refractivity contribution in [3.8, 4) is 5.75 Å². The molecular weight excluding hydrogens is 206 g/mol. The number of rotatable bonds is 3. The lowest BCUT2D eigenvalue weighted by Gasteiger charge is -2.12. The molecule has 0 saturated heterocycles. The molecule has 0 aliphatic heterocycles. The molecule has 0 heterocycles. The number of thioether (sulfide) groups is 1. The monoisotopic (exact) mass is 223 g/mol. The van der Waals surface area contributed by atoms with E-state index < -0.39 is 0 Å². The van der Waals surface area contributed by atoms with Gasteiger partial charge in [0.05, 0.1) is 12.8 Å². The van der Waals surface area contributed by atoms with Crippen molar-refractivity contribution in [2.24, 2.45) is 0 Å². The predicted molar refractivity (Wildman–Crippen MR) is 65.5 cm³/mol. The molecule has 1 aromatic rings. The second kappa shape index (κ2) is 4.79. The first-order valence-corrected chi connectivity index (χ1v) is 6.28. The average Bonchev–Trinajstić information content (AvgIpc) is 2.74. The lowest BCUT2D eigenvalue weighted by atomic mass is 10.3. The molecule has 15 heavy (non-hydrogen) atoms. The van der Waals surface area contributed by atoms with E-state index >= 15 is 0 Å². The Morgan fingerprint density at radius 1 is 1.33 bits per heavy atom. The van der Waals surface area contributed by atoms with Crippen molar-refractivity contribution in [3.63, 3.8) is 0 Å². The van der Waals surface area contributed by atoms with E-state index in [4.69, 9.17) is 10.5 Å². The maximum absolute atomic E-state index is 6.03. The number of nitrogens with two attached hydrogens (primary N) is 1. The molecule has 0 bridgehead atoms. The van der Waals surface area contributed by atoms with Crippen LogP contribution in [0.1, 0.15) is 25.7 Å². The van der Waals surface area contributed by atoms with E-state index in [0.29, 0.717) is 0 Å². The van der Waals surface area contributed by atoms with Gasteiger partial charge in [-0.15, -0.1) is 11.8 Å². The number of para-hydroxylation sites is 1. The third kappa shape index (κ3) is 2.40. The molecule has 2 nitrogen and oxygen atoms in total. The fourth-order valence-electron chi connectivity index (χ4n) is 1.99. The van der Waals surface area contributed by atoms with Gasteiger partial charge in [0.15, 0.2) is 0 Å². The Kier molecular flexibility index (Phi) is 3.41. The summed E-state index contributed by atoms with van der Waals surface area (Å²) in [5, 5.41) is 0.749. The number of ether oxygens (including phenoxy) is 1. The van der Waals surface area contributed by atoms with E-state index in [1.807, 2.05) is 23.9 Å². The second-order valence-corrected chi connectivity index (χ2v) is 5.24. The minimum absolute atomic E-state index is 0.749. The topological polar surface area (TPSA) is 35.2 Å². The average molecular weight is 223 g/mol. The highest BCUT2D eigenvalue weighted by molar-refractivity contribution is 8.00. The molecule has 2 rings (SSSR count). The quantitative estimate of drug-likeness (QED) is 0.798. The van der Waals surface area contributed by atoms with E-state index in [2.05, 4.69) is 6.07 Å². The molecule has 1 aromatic carbocycles. The first kappa shape index (κ1) is 10.7. The lowest BCUT2D eigenvalue weighted by Crippen LogP contribution is -1.98. The Morgan fingerprint density at radius 3 is 2.73 bits per heavy atom. The molecule has 1 aliphatic rings. The van der Waals surface area contributed by atoms with Gasteiger partial charge in [-0.3, -0.25) is 0 Å². The van der Waals surface area contributed by atoms with E-state index in [1.165, 1.54) is 30.6 Å². The number of anilines is 1. The summed E-state index contributed by atoms with van der Waals surface area (Å²) in [7, 11) is 1.66. The molecule has 0 spiro atoms. The predicted octanol–water partition coefficient (Wildman–Crippen LogP) is 3.31. The van der Waals surface area contributed by atoms with Crippen molar-refractivity contribution < 1.29 is 4.74 Å². The molecular formula is C12H17NOS. The number of nitrogen functional groups attached to an aromatic ring is 1. The molecule has 0 unspecified atom stereocenters. The summed E-state index contributed by atoms with van der Waals surface area (Å²) in [6.45, 7) is 0. The van der Waals surface area contributed by atoms with Crippen LogP contribution in [0.2, 0.25) is 0 Å². The maximum Gasteiger partial charge on any atom is 0.142 e. The molecule has 0 aromatic heterocycles. The van der Waals surface area contributed by atoms with Crippen LogP contribution < -0.4 is 10.5 Å². The summed E-state index contributed by atoms with van der Waals surface area (Å²) in [5.74, 6) is 0.790. The van der Waals surface area contributed by atoms with Crippen LogP contribution in [0.3, 0.4) is 0 Å². The zero-order chi connectivity index (χ0) is 10.7. The fourth-order valence-corrected chi connectivity index (χ4v) is 3.30. The zero-order valence-electron chi connectivity index (χ0n) is 9.03. The van der Waals surface area contributed by atoms with Gasteiger partial charge in [0.25, 0.3) is 0 Å². The van der Waals surface area contributed by atoms with Gasteiger partial charge < -0.3 is 10.5 Å². The van der Waals surface area contributed by atoms with Gasteiger partial charge in [-0.25, -0.2) is 0 Å². The Balaban J connectivity index is 2.13. The molecule has 1 saturated carbocycles. The van der Waals surface area contributed by atoms with Gasteiger partial charge in [-0.05, 0) is 25.0 Å². The Labute approximate surface area is 95.2 Å². The summed E-state index contributed by atoms with van der Waals surface area (Å²) in [4.78, 5) is 1.17. The summed E-state index contributed by atoms with van der Waals surface area (Å²) in [6.07, 6.45) is 5.37. The van der Waals surface area contributed by atoms with Crippen LogP contribution in [0.4, 0.5) is 5.69 Å². The van der Waals surface area contributed by atoms with Crippen molar-refractivity contribution in [3.05, 3.63) is 18.2 Å². The normalized spacial score (nSPS) is 16.9. The van der Waals surface area contributed by atoms with Crippen molar-refractivity contribution in [2.45, 2.75) is 35.8 Å². The van der Waals surface area contributed by atoms with Gasteiger partial charge in [0, 0.05) is 10.1 Å². The lowest BCUT2D eigenvalue weighted by molar-refractivity contribution is 0.416. The molecule has 0 radical (unpaired) electrons. The van der Waals surface area contributed by atoms with Crippen molar-refractivity contribution in [2.75, 3.05) is 12.8 Å². The number of hydrogen-bond acceptors (Lipinski definition) is 3. The highest BCUT2D eigenvalue weighted by Gasteiger charge is 2.17. The highest BCUT2D eigenvalue weighted by Crippen LogP contribution is 2.39. The van der Waals surface area contributed by atoms with Gasteiger partial charge in [-0.2, -0.15) is 0 Å². The van der Waals surface area contributed by atoms with Gasteiger partial charge >= 0.3 is 0 Å². The molecule has 2 N–H and O–H groups in total. The SMILES string of the molecule is COc1cccc(SC2CCCC2)c1N. The van der Waals surface area contributed by atoms with Crippen LogP contribution in [0, 0.1) is 0 Å². The maximum atomic E-state index is 6.03. The second-order valence-electron chi connectivity index (χ2n) is 3.90. The molecule has 1 fully saturated rings. The van der Waals surface area contributed by atoms with Gasteiger partial charge in [0.2, 0.25) is 0 Å². The summed E-state index contributed by atoms with van der Waals surface area (Å²) < 4.78 is 5.21. The molecule has 0 amide bonds. The van der Waals surface area contributed by atoms with Crippen molar-refractivity contribution in [1.82, 2.24) is 0 Å². The Morgan fingerprint density at radius 2 is 2.07 bits per heavy atom. The molecule has 0 atom stereocenters. The Hall–Kier alpha value is -0.830. The van der Waals surface area contributed by atoms with Crippen LogP contribution >= 0.6 is 11.8 Å². The summed E-state index contributed by atoms with van der Waals surface area (Å²) >= 11 is 1.90. The Bertz CT molecular complexity index is 334. The van der Waals surface area contributed by atoms with E-state index in [0.717, 1.165) is 16.7 Å². The highest BCUT2D eigenvalue weighted by atomic mass is 32.2. The van der Waals surface area contributed by atoms with Crippen LogP contribution in [0.25, 0.3) is 0 Å². The summed E-state index contributed by atoms with van der Waals surface area (Å²) in [6, 6.07) is 6.00.